The molecular formula is C21H25B2N5O4. The van der Waals surface area contributed by atoms with Crippen molar-refractivity contribution in [1.82, 2.24) is 24.3 Å². The highest BCUT2D eigenvalue weighted by molar-refractivity contribution is 6.40. The summed E-state index contributed by atoms with van der Waals surface area (Å²) in [6, 6.07) is 1.87. The van der Waals surface area contributed by atoms with Crippen LogP contribution in [0.4, 0.5) is 0 Å². The fourth-order valence-electron chi connectivity index (χ4n) is 3.97. The van der Waals surface area contributed by atoms with Gasteiger partial charge in [-0.15, -0.1) is 0 Å². The van der Waals surface area contributed by atoms with Gasteiger partial charge in [0, 0.05) is 36.3 Å². The van der Waals surface area contributed by atoms with Crippen LogP contribution in [0, 0.1) is 11.3 Å². The molecular weight excluding hydrogens is 408 g/mol. The number of ether oxygens (including phenoxy) is 1. The van der Waals surface area contributed by atoms with Gasteiger partial charge in [-0.05, 0) is 38.0 Å². The van der Waals surface area contributed by atoms with Crippen LogP contribution in [0.5, 0.6) is 0 Å². The Kier molecular flexibility index (Phi) is 5.45. The van der Waals surface area contributed by atoms with Crippen LogP contribution in [0.1, 0.15) is 33.6 Å². The molecule has 11 heteroatoms. The summed E-state index contributed by atoms with van der Waals surface area (Å²) in [5.41, 5.74) is 1.53. The molecule has 1 aliphatic rings. The van der Waals surface area contributed by atoms with Crippen LogP contribution in [-0.4, -0.2) is 62.0 Å². The zero-order valence-corrected chi connectivity index (χ0v) is 18.4. The Morgan fingerprint density at radius 1 is 1.28 bits per heavy atom. The Morgan fingerprint density at radius 3 is 2.69 bits per heavy atom. The van der Waals surface area contributed by atoms with Gasteiger partial charge >= 0.3 is 5.97 Å². The first-order valence-electron chi connectivity index (χ1n) is 10.4. The molecule has 4 rings (SSSR count). The fraction of sp³-hybridized carbons (Fsp3) is 0.524. The fourth-order valence-corrected chi connectivity index (χ4v) is 3.97. The normalized spacial score (nSPS) is 20.0. The van der Waals surface area contributed by atoms with E-state index in [1.807, 2.05) is 12.3 Å². The summed E-state index contributed by atoms with van der Waals surface area (Å²) in [5.74, 6) is -2.53. The minimum Gasteiger partial charge on any atom is -0.443 e. The van der Waals surface area contributed by atoms with Gasteiger partial charge in [0.25, 0.3) is 0 Å². The minimum atomic E-state index is -2.11. The molecule has 0 bridgehead atoms. The van der Waals surface area contributed by atoms with Gasteiger partial charge in [0.1, 0.15) is 12.0 Å². The maximum absolute atomic E-state index is 12.1. The summed E-state index contributed by atoms with van der Waals surface area (Å²) >= 11 is 0. The van der Waals surface area contributed by atoms with Crippen LogP contribution >= 0.6 is 0 Å². The number of fused-ring (bicyclic) bond motifs is 1. The number of aromatic nitrogens is 5. The maximum Gasteiger partial charge on any atom is 0.312 e. The van der Waals surface area contributed by atoms with Crippen molar-refractivity contribution in [2.45, 2.75) is 57.9 Å². The third-order valence-electron chi connectivity index (χ3n) is 5.80. The van der Waals surface area contributed by atoms with Crippen LogP contribution in [0.25, 0.3) is 22.3 Å². The lowest BCUT2D eigenvalue weighted by molar-refractivity contribution is -0.163. The zero-order chi connectivity index (χ0) is 23.3. The summed E-state index contributed by atoms with van der Waals surface area (Å²) in [7, 11) is 11.6. The molecule has 1 unspecified atom stereocenters. The van der Waals surface area contributed by atoms with Crippen molar-refractivity contribution in [3.05, 3.63) is 31.0 Å². The minimum absolute atomic E-state index is 0.0565. The third kappa shape index (κ3) is 4.19. The average molecular weight is 433 g/mol. The highest BCUT2D eigenvalue weighted by Crippen LogP contribution is 2.49. The first-order valence-corrected chi connectivity index (χ1v) is 10.4. The van der Waals surface area contributed by atoms with Crippen molar-refractivity contribution in [2.24, 2.45) is 11.3 Å². The second-order valence-electron chi connectivity index (χ2n) is 9.64. The van der Waals surface area contributed by atoms with Crippen LogP contribution in [0.2, 0.25) is 5.21 Å². The molecule has 0 saturated heterocycles. The Bertz CT molecular complexity index is 1130. The van der Waals surface area contributed by atoms with E-state index in [-0.39, 0.29) is 31.5 Å². The quantitative estimate of drug-likeness (QED) is 0.355. The highest BCUT2D eigenvalue weighted by Gasteiger charge is 2.49. The van der Waals surface area contributed by atoms with Gasteiger partial charge in [-0.1, -0.05) is 6.42 Å². The van der Waals surface area contributed by atoms with Crippen molar-refractivity contribution in [3.63, 3.8) is 0 Å². The molecule has 0 spiro atoms. The molecule has 4 radical (unpaired) electrons. The second-order valence-corrected chi connectivity index (χ2v) is 9.64. The number of rotatable bonds is 5. The Hall–Kier alpha value is -2.65. The van der Waals surface area contributed by atoms with E-state index in [4.69, 9.17) is 20.4 Å². The van der Waals surface area contributed by atoms with E-state index < -0.39 is 16.4 Å². The predicted octanol–water partition coefficient (Wildman–Crippen LogP) is 1.39. The SMILES string of the molecule is [B]C1([B])CC(Cn2cc(-c3ncnc4c3ccn4COC(=O)C(C)(C)C)cn2)CC1(O)O. The lowest BCUT2D eigenvalue weighted by Gasteiger charge is -2.31. The molecule has 3 aromatic heterocycles. The Labute approximate surface area is 188 Å². The molecule has 3 heterocycles. The first kappa shape index (κ1) is 22.5. The summed E-state index contributed by atoms with van der Waals surface area (Å²) in [4.78, 5) is 20.8. The van der Waals surface area contributed by atoms with Crippen LogP contribution in [-0.2, 0) is 22.8 Å². The van der Waals surface area contributed by atoms with Gasteiger partial charge in [-0.25, -0.2) is 9.97 Å². The van der Waals surface area contributed by atoms with Gasteiger partial charge in [-0.3, -0.25) is 14.0 Å². The molecule has 1 saturated carbocycles. The van der Waals surface area contributed by atoms with Crippen LogP contribution < -0.4 is 0 Å². The second kappa shape index (κ2) is 7.74. The van der Waals surface area contributed by atoms with Crippen LogP contribution in [0.15, 0.2) is 31.0 Å². The summed E-state index contributed by atoms with van der Waals surface area (Å²) in [6.45, 7) is 5.90. The Balaban J connectivity index is 1.52. The smallest absolute Gasteiger partial charge is 0.312 e. The molecule has 164 valence electrons. The number of hydrogen-bond donors (Lipinski definition) is 2. The monoisotopic (exact) mass is 433 g/mol. The number of nitrogens with zero attached hydrogens (tertiary/aromatic N) is 5. The van der Waals surface area contributed by atoms with Crippen molar-refractivity contribution in [3.8, 4) is 11.3 Å². The standard InChI is InChI=1S/C21H25B2N5O4/c1-19(2,3)18(29)32-12-27-5-4-15-16(24-11-25-17(15)27)14-8-26-28(10-14)9-13-6-20(22,23)21(30,31)7-13/h4-5,8,10-11,13,30-31H,6-7,9,12H2,1-3H3. The first-order chi connectivity index (χ1) is 14.9. The van der Waals surface area contributed by atoms with Crippen molar-refractivity contribution < 1.29 is 19.7 Å². The molecule has 0 aliphatic heterocycles. The maximum atomic E-state index is 12.1. The van der Waals surface area contributed by atoms with Gasteiger partial charge in [-0.2, -0.15) is 5.10 Å². The van der Waals surface area contributed by atoms with E-state index in [2.05, 4.69) is 15.1 Å². The molecule has 2 N–H and O–H groups in total. The zero-order valence-electron chi connectivity index (χ0n) is 18.4. The number of hydrogen-bond acceptors (Lipinski definition) is 7. The number of carbonyl (C=O) groups excluding carboxylic acids is 1. The molecule has 3 aromatic rings. The largest absolute Gasteiger partial charge is 0.443 e. The number of esters is 1. The molecule has 1 atom stereocenters. The lowest BCUT2D eigenvalue weighted by atomic mass is 9.50. The van der Waals surface area contributed by atoms with E-state index in [9.17, 15) is 15.0 Å². The van der Waals surface area contributed by atoms with E-state index in [1.54, 1.807) is 42.4 Å². The molecule has 1 aliphatic carbocycles. The number of carbonyl (C=O) groups is 1. The van der Waals surface area contributed by atoms with Gasteiger partial charge in [0.15, 0.2) is 12.5 Å². The van der Waals surface area contributed by atoms with Gasteiger partial charge in [0.05, 0.1) is 33.0 Å². The topological polar surface area (TPSA) is 115 Å². The van der Waals surface area contributed by atoms with Gasteiger partial charge in [0.2, 0.25) is 0 Å². The van der Waals surface area contributed by atoms with Crippen molar-refractivity contribution in [2.75, 3.05) is 0 Å². The summed E-state index contributed by atoms with van der Waals surface area (Å²) in [6.07, 6.45) is 7.12. The van der Waals surface area contributed by atoms with Gasteiger partial charge < -0.3 is 14.9 Å². The van der Waals surface area contributed by atoms with Crippen molar-refractivity contribution >= 4 is 32.7 Å². The van der Waals surface area contributed by atoms with E-state index in [0.717, 1.165) is 10.9 Å². The molecule has 1 fully saturated rings. The summed E-state index contributed by atoms with van der Waals surface area (Å²) in [5, 5.41) is 23.7. The third-order valence-corrected chi connectivity index (χ3v) is 5.80. The molecule has 9 nitrogen and oxygen atoms in total. The van der Waals surface area contributed by atoms with E-state index in [1.165, 1.54) is 6.33 Å². The Morgan fingerprint density at radius 2 is 2.03 bits per heavy atom. The molecule has 32 heavy (non-hydrogen) atoms. The van der Waals surface area contributed by atoms with Crippen LogP contribution in [0.3, 0.4) is 0 Å². The van der Waals surface area contributed by atoms with E-state index >= 15 is 0 Å². The van der Waals surface area contributed by atoms with Crippen molar-refractivity contribution in [1.29, 1.82) is 0 Å². The van der Waals surface area contributed by atoms with E-state index in [0.29, 0.717) is 17.9 Å². The molecule has 0 amide bonds. The summed E-state index contributed by atoms with van der Waals surface area (Å²) < 4.78 is 8.87. The highest BCUT2D eigenvalue weighted by atomic mass is 16.5. The number of aliphatic hydroxyl groups is 2. The average Bonchev–Trinajstić information content (AvgIpc) is 3.35. The predicted molar refractivity (Wildman–Crippen MR) is 118 cm³/mol. The lowest BCUT2D eigenvalue weighted by Crippen LogP contribution is -2.39. The molecule has 0 aromatic carbocycles.